The number of pyridine rings is 1. The number of aliphatic hydroxyl groups excluding tert-OH is 1. The summed E-state index contributed by atoms with van der Waals surface area (Å²) in [6.45, 7) is 7.93. The first-order valence-electron chi connectivity index (χ1n) is 16.3. The number of carbonyl (C=O) groups excluding carboxylic acids is 3. The molecule has 2 saturated carbocycles. The van der Waals surface area contributed by atoms with Crippen molar-refractivity contribution in [3.05, 3.63) is 86.5 Å². The van der Waals surface area contributed by atoms with E-state index >= 15 is 0 Å². The van der Waals surface area contributed by atoms with Gasteiger partial charge in [-0.05, 0) is 61.8 Å². The van der Waals surface area contributed by atoms with Crippen molar-refractivity contribution >= 4 is 23.6 Å². The van der Waals surface area contributed by atoms with E-state index in [1.165, 1.54) is 50.4 Å². The minimum absolute atomic E-state index is 0.0458. The standard InChI is InChI=1S/C36H38N2O12/c1-19(39)46-18-35(4)26-16-28(49-32(42)21-8-10-23(11-9-21)38(44)45)36(5)31(34(26,3)13-12-27(35)47-20(2)40)30(41)29-25(50-36)15-24(48-33(29)43)22-7-6-14-37-17-22/h6-11,14-15,17,26-28,30-31,41H,12-13,16,18H2,1-5H3/t26?,27-,28-,30-,31?,34-,35+,36+/m0/s1. The summed E-state index contributed by atoms with van der Waals surface area (Å²) in [5.41, 5.74) is -3.89. The van der Waals surface area contributed by atoms with Crippen LogP contribution in [-0.4, -0.2) is 57.3 Å². The number of rotatable bonds is 7. The number of nitro groups is 1. The fourth-order valence-corrected chi connectivity index (χ4v) is 8.75. The largest absolute Gasteiger partial charge is 0.482 e. The number of nitrogens with zero attached hydrogens (tertiary/aromatic N) is 2. The number of hydrogen-bond acceptors (Lipinski definition) is 13. The molecule has 50 heavy (non-hydrogen) atoms. The fraction of sp³-hybridized carbons (Fsp3) is 0.472. The number of fused-ring (bicyclic) bond motifs is 4. The lowest BCUT2D eigenvalue weighted by atomic mass is 9.42. The van der Waals surface area contributed by atoms with Crippen LogP contribution in [0.4, 0.5) is 5.69 Å². The van der Waals surface area contributed by atoms with Crippen molar-refractivity contribution in [2.45, 2.75) is 77.8 Å². The zero-order valence-electron chi connectivity index (χ0n) is 28.2. The SMILES string of the molecule is CC(=O)OC[C@]1(C)C2C[C@H](OC(=O)c3ccc([N+](=O)[O-])cc3)[C@@]3(C)Oc4cc(-c5cccnc5)oc(=O)c4[C@H](O)C3[C@@]2(C)CC[C@@H]1OC(C)=O. The zero-order chi connectivity index (χ0) is 36.2. The highest BCUT2D eigenvalue weighted by Crippen LogP contribution is 2.67. The van der Waals surface area contributed by atoms with E-state index in [9.17, 15) is 34.4 Å². The van der Waals surface area contributed by atoms with Gasteiger partial charge in [-0.3, -0.25) is 24.7 Å². The lowest BCUT2D eigenvalue weighted by Gasteiger charge is -2.66. The van der Waals surface area contributed by atoms with E-state index in [4.69, 9.17) is 23.4 Å². The number of ether oxygens (including phenoxy) is 4. The highest BCUT2D eigenvalue weighted by atomic mass is 16.6. The van der Waals surface area contributed by atoms with E-state index in [-0.39, 0.29) is 41.4 Å². The molecule has 14 heteroatoms. The topological polar surface area (TPSA) is 195 Å². The zero-order valence-corrected chi connectivity index (χ0v) is 28.2. The number of hydrogen-bond donors (Lipinski definition) is 1. The monoisotopic (exact) mass is 690 g/mol. The molecule has 3 aromatic rings. The van der Waals surface area contributed by atoms with Crippen molar-refractivity contribution in [1.82, 2.24) is 4.98 Å². The number of benzene rings is 1. The predicted molar refractivity (Wildman–Crippen MR) is 174 cm³/mol. The van der Waals surface area contributed by atoms with Crippen molar-refractivity contribution in [1.29, 1.82) is 0 Å². The molecule has 1 aliphatic heterocycles. The molecule has 2 fully saturated rings. The third-order valence-electron chi connectivity index (χ3n) is 11.0. The Morgan fingerprint density at radius 2 is 1.78 bits per heavy atom. The van der Waals surface area contributed by atoms with Crippen LogP contribution in [0.5, 0.6) is 5.75 Å². The van der Waals surface area contributed by atoms with Crippen LogP contribution in [0.1, 0.15) is 75.9 Å². The second-order valence-corrected chi connectivity index (χ2v) is 14.0. The van der Waals surface area contributed by atoms with Crippen LogP contribution in [-0.2, 0) is 23.8 Å². The third kappa shape index (κ3) is 5.80. The molecule has 1 N–H and O–H groups in total. The summed E-state index contributed by atoms with van der Waals surface area (Å²) in [7, 11) is 0. The average molecular weight is 691 g/mol. The summed E-state index contributed by atoms with van der Waals surface area (Å²) >= 11 is 0. The molecule has 1 aromatic carbocycles. The Balaban J connectivity index is 1.49. The van der Waals surface area contributed by atoms with Crippen LogP contribution >= 0.6 is 0 Å². The fourth-order valence-electron chi connectivity index (χ4n) is 8.75. The van der Waals surface area contributed by atoms with Gasteiger partial charge in [0.15, 0.2) is 0 Å². The molecule has 0 radical (unpaired) electrons. The Morgan fingerprint density at radius 3 is 2.40 bits per heavy atom. The Kier molecular flexibility index (Phi) is 8.79. The summed E-state index contributed by atoms with van der Waals surface area (Å²) in [6, 6.07) is 9.83. The first-order valence-corrected chi connectivity index (χ1v) is 16.3. The summed E-state index contributed by atoms with van der Waals surface area (Å²) in [5, 5.41) is 23.5. The molecule has 14 nitrogen and oxygen atoms in total. The molecule has 8 atom stereocenters. The molecule has 2 aromatic heterocycles. The Hall–Kier alpha value is -5.11. The molecular formula is C36H38N2O12. The molecule has 0 bridgehead atoms. The molecule has 3 aliphatic rings. The van der Waals surface area contributed by atoms with Crippen LogP contribution in [0.2, 0.25) is 0 Å². The van der Waals surface area contributed by atoms with Gasteiger partial charge in [-0.2, -0.15) is 0 Å². The van der Waals surface area contributed by atoms with Crippen LogP contribution < -0.4 is 10.4 Å². The van der Waals surface area contributed by atoms with Gasteiger partial charge < -0.3 is 28.5 Å². The second-order valence-electron chi connectivity index (χ2n) is 14.0. The van der Waals surface area contributed by atoms with E-state index in [2.05, 4.69) is 4.98 Å². The van der Waals surface area contributed by atoms with Crippen LogP contribution in [0.15, 0.2) is 64.1 Å². The van der Waals surface area contributed by atoms with Crippen LogP contribution in [0.3, 0.4) is 0 Å². The van der Waals surface area contributed by atoms with Gasteiger partial charge in [0.1, 0.15) is 41.5 Å². The van der Waals surface area contributed by atoms with Crippen molar-refractivity contribution in [2.75, 3.05) is 6.61 Å². The maximum Gasteiger partial charge on any atom is 0.345 e. The molecule has 2 aliphatic carbocycles. The van der Waals surface area contributed by atoms with E-state index in [0.717, 1.165) is 0 Å². The summed E-state index contributed by atoms with van der Waals surface area (Å²) in [4.78, 5) is 66.5. The molecular weight excluding hydrogens is 652 g/mol. The van der Waals surface area contributed by atoms with Crippen molar-refractivity contribution in [2.24, 2.45) is 22.7 Å². The number of nitro benzene ring substituents is 1. The highest BCUT2D eigenvalue weighted by molar-refractivity contribution is 5.89. The van der Waals surface area contributed by atoms with Gasteiger partial charge in [-0.25, -0.2) is 9.59 Å². The van der Waals surface area contributed by atoms with Gasteiger partial charge in [0.25, 0.3) is 5.69 Å². The summed E-state index contributed by atoms with van der Waals surface area (Å²) < 4.78 is 30.0. The maximum atomic E-state index is 13.7. The predicted octanol–water partition coefficient (Wildman–Crippen LogP) is 4.96. The first-order chi connectivity index (χ1) is 23.6. The highest BCUT2D eigenvalue weighted by Gasteiger charge is 2.71. The quantitative estimate of drug-likeness (QED) is 0.151. The minimum atomic E-state index is -1.46. The number of non-ortho nitro benzene ring substituents is 1. The molecule has 264 valence electrons. The van der Waals surface area contributed by atoms with E-state index < -0.39 is 75.0 Å². The van der Waals surface area contributed by atoms with E-state index in [1.54, 1.807) is 25.3 Å². The van der Waals surface area contributed by atoms with Gasteiger partial charge >= 0.3 is 23.5 Å². The van der Waals surface area contributed by atoms with Crippen LogP contribution in [0.25, 0.3) is 11.3 Å². The molecule has 0 spiro atoms. The second kappa shape index (κ2) is 12.7. The lowest BCUT2D eigenvalue weighted by Crippen LogP contribution is -2.71. The van der Waals surface area contributed by atoms with Crippen molar-refractivity contribution in [3.63, 3.8) is 0 Å². The van der Waals surface area contributed by atoms with Crippen molar-refractivity contribution < 1.29 is 47.8 Å². The van der Waals surface area contributed by atoms with E-state index in [0.29, 0.717) is 18.4 Å². The number of esters is 3. The first kappa shape index (κ1) is 34.7. The number of aliphatic hydroxyl groups is 1. The number of aromatic nitrogens is 1. The van der Waals surface area contributed by atoms with Gasteiger partial charge in [-0.15, -0.1) is 0 Å². The average Bonchev–Trinajstić information content (AvgIpc) is 3.06. The lowest BCUT2D eigenvalue weighted by molar-refractivity contribution is -0.384. The summed E-state index contributed by atoms with van der Waals surface area (Å²) in [5.74, 6) is -3.06. The Bertz CT molecular complexity index is 1890. The molecule has 6 rings (SSSR count). The minimum Gasteiger partial charge on any atom is -0.482 e. The summed E-state index contributed by atoms with van der Waals surface area (Å²) in [6.07, 6.45) is 0.714. The Labute approximate surface area is 286 Å². The van der Waals surface area contributed by atoms with E-state index in [1.807, 2.05) is 13.8 Å². The number of carbonyl (C=O) groups is 3. The Morgan fingerprint density at radius 1 is 1.06 bits per heavy atom. The molecule has 3 heterocycles. The molecule has 2 unspecified atom stereocenters. The van der Waals surface area contributed by atoms with Crippen LogP contribution in [0, 0.1) is 32.8 Å². The smallest absolute Gasteiger partial charge is 0.345 e. The van der Waals surface area contributed by atoms with Crippen molar-refractivity contribution in [3.8, 4) is 17.1 Å². The van der Waals surface area contributed by atoms with Gasteiger partial charge in [0.2, 0.25) is 0 Å². The van der Waals surface area contributed by atoms with Gasteiger partial charge in [0.05, 0.1) is 16.6 Å². The molecule has 0 amide bonds. The van der Waals surface area contributed by atoms with Gasteiger partial charge in [0, 0.05) is 61.3 Å². The maximum absolute atomic E-state index is 13.7. The van der Waals surface area contributed by atoms with Gasteiger partial charge in [-0.1, -0.05) is 13.8 Å². The third-order valence-corrected chi connectivity index (χ3v) is 11.0. The normalized spacial score (nSPS) is 31.1. The molecule has 0 saturated heterocycles.